The van der Waals surface area contributed by atoms with Gasteiger partial charge in [0.1, 0.15) is 12.4 Å². The zero-order valence-electron chi connectivity index (χ0n) is 18.9. The zero-order chi connectivity index (χ0) is 22.2. The van der Waals surface area contributed by atoms with Crippen LogP contribution in [0.3, 0.4) is 0 Å². The molecule has 0 aliphatic heterocycles. The summed E-state index contributed by atoms with van der Waals surface area (Å²) in [6.45, 7) is 10.4. The molecule has 0 atom stereocenters. The fraction of sp³-hybridized carbons (Fsp3) is 0.400. The van der Waals surface area contributed by atoms with Gasteiger partial charge in [-0.1, -0.05) is 32.0 Å². The van der Waals surface area contributed by atoms with Crippen molar-refractivity contribution in [3.05, 3.63) is 76.9 Å². The number of nitrogens with zero attached hydrogens (tertiary/aromatic N) is 3. The number of benzene rings is 1. The van der Waals surface area contributed by atoms with Gasteiger partial charge in [-0.3, -0.25) is 14.5 Å². The number of aromatic nitrogens is 3. The number of carbonyl (C=O) groups excluding carboxylic acids is 1. The minimum Gasteiger partial charge on any atom is -0.489 e. The summed E-state index contributed by atoms with van der Waals surface area (Å²) in [6.07, 6.45) is 4.71. The molecule has 0 saturated heterocycles. The van der Waals surface area contributed by atoms with Gasteiger partial charge < -0.3 is 10.1 Å². The summed E-state index contributed by atoms with van der Waals surface area (Å²) in [6, 6.07) is 11.7. The van der Waals surface area contributed by atoms with E-state index in [9.17, 15) is 4.79 Å². The van der Waals surface area contributed by atoms with Crippen LogP contribution >= 0.6 is 0 Å². The molecule has 6 heteroatoms. The lowest BCUT2D eigenvalue weighted by atomic mass is 10.1. The van der Waals surface area contributed by atoms with E-state index in [1.807, 2.05) is 43.3 Å². The molecule has 2 heterocycles. The van der Waals surface area contributed by atoms with Gasteiger partial charge in [-0.25, -0.2) is 0 Å². The molecule has 0 aliphatic carbocycles. The van der Waals surface area contributed by atoms with E-state index in [1.54, 1.807) is 12.4 Å². The van der Waals surface area contributed by atoms with Gasteiger partial charge in [0.25, 0.3) is 0 Å². The largest absolute Gasteiger partial charge is 0.489 e. The van der Waals surface area contributed by atoms with Crippen LogP contribution in [0.15, 0.2) is 48.8 Å². The van der Waals surface area contributed by atoms with Crippen LogP contribution in [-0.4, -0.2) is 20.7 Å². The lowest BCUT2D eigenvalue weighted by Gasteiger charge is -2.09. The van der Waals surface area contributed by atoms with Gasteiger partial charge in [-0.2, -0.15) is 5.10 Å². The minimum atomic E-state index is 0.0484. The normalized spacial score (nSPS) is 11.0. The Morgan fingerprint density at radius 3 is 2.58 bits per heavy atom. The first kappa shape index (κ1) is 22.5. The van der Waals surface area contributed by atoms with Gasteiger partial charge in [-0.15, -0.1) is 0 Å². The average molecular weight is 421 g/mol. The average Bonchev–Trinajstić information content (AvgIpc) is 3.02. The fourth-order valence-electron chi connectivity index (χ4n) is 3.50. The molecule has 164 valence electrons. The van der Waals surface area contributed by atoms with Crippen LogP contribution in [0.1, 0.15) is 48.3 Å². The third kappa shape index (κ3) is 6.67. The molecule has 1 aromatic carbocycles. The molecule has 3 aromatic rings. The second kappa shape index (κ2) is 10.8. The molecule has 0 saturated carbocycles. The third-order valence-electron chi connectivity index (χ3n) is 5.21. The molecule has 31 heavy (non-hydrogen) atoms. The molecule has 2 aromatic heterocycles. The molecule has 3 rings (SSSR count). The van der Waals surface area contributed by atoms with Crippen molar-refractivity contribution in [1.82, 2.24) is 20.1 Å². The van der Waals surface area contributed by atoms with Crippen LogP contribution in [0.4, 0.5) is 0 Å². The zero-order valence-corrected chi connectivity index (χ0v) is 18.9. The number of nitrogens with one attached hydrogen (secondary N) is 1. The third-order valence-corrected chi connectivity index (χ3v) is 5.21. The second-order valence-electron chi connectivity index (χ2n) is 8.30. The van der Waals surface area contributed by atoms with Gasteiger partial charge in [0, 0.05) is 43.2 Å². The van der Waals surface area contributed by atoms with E-state index < -0.39 is 0 Å². The maximum Gasteiger partial charge on any atom is 0.220 e. The Balaban J connectivity index is 1.44. The predicted octanol–water partition coefficient (Wildman–Crippen LogP) is 4.38. The summed E-state index contributed by atoms with van der Waals surface area (Å²) in [7, 11) is 0. The summed E-state index contributed by atoms with van der Waals surface area (Å²) in [5, 5.41) is 7.64. The number of aryl methyl sites for hydroxylation is 1. The highest BCUT2D eigenvalue weighted by molar-refractivity contribution is 5.76. The van der Waals surface area contributed by atoms with Gasteiger partial charge in [0.05, 0.1) is 5.69 Å². The number of hydrogen-bond donors (Lipinski definition) is 1. The van der Waals surface area contributed by atoms with E-state index in [-0.39, 0.29) is 5.91 Å². The number of amides is 1. The van der Waals surface area contributed by atoms with Crippen molar-refractivity contribution in [3.8, 4) is 5.75 Å². The van der Waals surface area contributed by atoms with Crippen molar-refractivity contribution in [2.45, 2.75) is 60.2 Å². The first-order chi connectivity index (χ1) is 14.9. The molecular weight excluding hydrogens is 388 g/mol. The van der Waals surface area contributed by atoms with Crippen molar-refractivity contribution in [3.63, 3.8) is 0 Å². The van der Waals surface area contributed by atoms with E-state index in [4.69, 9.17) is 4.74 Å². The highest BCUT2D eigenvalue weighted by Gasteiger charge is 2.13. The standard InChI is InChI=1S/C25H32N4O2/c1-18(2)16-29-20(4)24(19(3)28-29)11-12-25(30)27-15-21-7-9-23(10-8-21)31-17-22-6-5-13-26-14-22/h5-10,13-14,18H,11-12,15-17H2,1-4H3,(H,27,30). The predicted molar refractivity (Wildman–Crippen MR) is 122 cm³/mol. The lowest BCUT2D eigenvalue weighted by Crippen LogP contribution is -2.23. The number of pyridine rings is 1. The number of hydrogen-bond acceptors (Lipinski definition) is 4. The van der Waals surface area contributed by atoms with Gasteiger partial charge in [-0.05, 0) is 55.5 Å². The molecule has 6 nitrogen and oxygen atoms in total. The van der Waals surface area contributed by atoms with Gasteiger partial charge >= 0.3 is 0 Å². The van der Waals surface area contributed by atoms with Gasteiger partial charge in [0.2, 0.25) is 5.91 Å². The molecule has 0 bridgehead atoms. The summed E-state index contributed by atoms with van der Waals surface area (Å²) < 4.78 is 7.83. The first-order valence-electron chi connectivity index (χ1n) is 10.8. The van der Waals surface area contributed by atoms with Crippen LogP contribution in [-0.2, 0) is 30.9 Å². The maximum absolute atomic E-state index is 12.4. The van der Waals surface area contributed by atoms with Crippen LogP contribution in [0, 0.1) is 19.8 Å². The van der Waals surface area contributed by atoms with Crippen molar-refractivity contribution in [2.24, 2.45) is 5.92 Å². The van der Waals surface area contributed by atoms with Crippen molar-refractivity contribution in [2.75, 3.05) is 0 Å². The molecule has 0 fully saturated rings. The van der Waals surface area contributed by atoms with Crippen LogP contribution in [0.25, 0.3) is 0 Å². The Morgan fingerprint density at radius 2 is 1.90 bits per heavy atom. The topological polar surface area (TPSA) is 69.0 Å². The monoisotopic (exact) mass is 420 g/mol. The summed E-state index contributed by atoms with van der Waals surface area (Å²) in [5.41, 5.74) is 5.44. The number of ether oxygens (including phenoxy) is 1. The molecular formula is C25H32N4O2. The Bertz CT molecular complexity index is 979. The van der Waals surface area contributed by atoms with E-state index >= 15 is 0 Å². The fourth-order valence-corrected chi connectivity index (χ4v) is 3.50. The summed E-state index contributed by atoms with van der Waals surface area (Å²) in [5.74, 6) is 1.39. The molecule has 0 aliphatic rings. The Hall–Kier alpha value is -3.15. The quantitative estimate of drug-likeness (QED) is 0.528. The van der Waals surface area contributed by atoms with E-state index in [1.165, 1.54) is 11.3 Å². The van der Waals surface area contributed by atoms with Crippen LogP contribution in [0.5, 0.6) is 5.75 Å². The second-order valence-corrected chi connectivity index (χ2v) is 8.30. The number of rotatable bonds is 10. The minimum absolute atomic E-state index is 0.0484. The maximum atomic E-state index is 12.4. The highest BCUT2D eigenvalue weighted by Crippen LogP contribution is 2.17. The van der Waals surface area contributed by atoms with Crippen molar-refractivity contribution in [1.29, 1.82) is 0 Å². The Labute approximate surface area is 184 Å². The molecule has 0 unspecified atom stereocenters. The lowest BCUT2D eigenvalue weighted by molar-refractivity contribution is -0.121. The van der Waals surface area contributed by atoms with Crippen molar-refractivity contribution < 1.29 is 9.53 Å². The highest BCUT2D eigenvalue weighted by atomic mass is 16.5. The van der Waals surface area contributed by atoms with E-state index in [0.29, 0.717) is 31.9 Å². The Kier molecular flexibility index (Phi) is 7.82. The first-order valence-corrected chi connectivity index (χ1v) is 10.8. The molecule has 0 spiro atoms. The van der Waals surface area contributed by atoms with Crippen molar-refractivity contribution >= 4 is 5.91 Å². The molecule has 1 N–H and O–H groups in total. The van der Waals surface area contributed by atoms with Crippen LogP contribution in [0.2, 0.25) is 0 Å². The van der Waals surface area contributed by atoms with Gasteiger partial charge in [0.15, 0.2) is 0 Å². The molecule has 1 amide bonds. The molecule has 0 radical (unpaired) electrons. The van der Waals surface area contributed by atoms with E-state index in [0.717, 1.165) is 29.1 Å². The van der Waals surface area contributed by atoms with Crippen LogP contribution < -0.4 is 10.1 Å². The summed E-state index contributed by atoms with van der Waals surface area (Å²) in [4.78, 5) is 16.4. The van der Waals surface area contributed by atoms with E-state index in [2.05, 4.69) is 40.9 Å². The number of carbonyl (C=O) groups is 1. The smallest absolute Gasteiger partial charge is 0.220 e. The Morgan fingerprint density at radius 1 is 1.13 bits per heavy atom. The summed E-state index contributed by atoms with van der Waals surface area (Å²) >= 11 is 0. The SMILES string of the molecule is Cc1nn(CC(C)C)c(C)c1CCC(=O)NCc1ccc(OCc2cccnc2)cc1.